The molecule has 0 atom stereocenters. The lowest BCUT2D eigenvalue weighted by molar-refractivity contribution is -0.131. The van der Waals surface area contributed by atoms with E-state index in [-0.39, 0.29) is 17.5 Å². The van der Waals surface area contributed by atoms with Crippen LogP contribution in [0.4, 0.5) is 4.79 Å². The molecule has 1 saturated heterocycles. The number of hydrogen-bond acceptors (Lipinski definition) is 5. The summed E-state index contributed by atoms with van der Waals surface area (Å²) in [4.78, 5) is 32.6. The third kappa shape index (κ3) is 6.00. The molecule has 0 aromatic rings. The monoisotopic (exact) mass is 290 g/mol. The molecule has 3 N–H and O–H groups in total. The molecule has 0 aromatic carbocycles. The van der Waals surface area contributed by atoms with E-state index in [1.54, 1.807) is 0 Å². The van der Waals surface area contributed by atoms with Crippen molar-refractivity contribution in [2.45, 2.75) is 18.9 Å². The molecule has 1 rings (SSSR count). The summed E-state index contributed by atoms with van der Waals surface area (Å²) in [5.41, 5.74) is 0. The lowest BCUT2D eigenvalue weighted by atomic mass is 10.2. The van der Waals surface area contributed by atoms with Gasteiger partial charge in [0.2, 0.25) is 0 Å². The highest BCUT2D eigenvalue weighted by molar-refractivity contribution is 7.91. The van der Waals surface area contributed by atoms with E-state index >= 15 is 0 Å². The fraction of sp³-hybridized carbons (Fsp3) is 0.500. The molecular formula is C10H14N2O6S. The zero-order valence-corrected chi connectivity index (χ0v) is 10.8. The predicted molar refractivity (Wildman–Crippen MR) is 65.1 cm³/mol. The number of urea groups is 1. The Bertz CT molecular complexity index is 496. The van der Waals surface area contributed by atoms with Crippen LogP contribution in [0.5, 0.6) is 0 Å². The molecule has 0 saturated carbocycles. The van der Waals surface area contributed by atoms with E-state index in [9.17, 15) is 22.8 Å². The molecule has 19 heavy (non-hydrogen) atoms. The zero-order valence-electron chi connectivity index (χ0n) is 9.96. The Morgan fingerprint density at radius 2 is 1.68 bits per heavy atom. The van der Waals surface area contributed by atoms with Crippen LogP contribution >= 0.6 is 0 Å². The molecule has 1 aliphatic rings. The van der Waals surface area contributed by atoms with E-state index in [0.717, 1.165) is 0 Å². The molecule has 3 amide bonds. The van der Waals surface area contributed by atoms with Crippen molar-refractivity contribution in [1.82, 2.24) is 10.6 Å². The summed E-state index contributed by atoms with van der Waals surface area (Å²) in [6.45, 7) is 0. The molecular weight excluding hydrogens is 276 g/mol. The van der Waals surface area contributed by atoms with Crippen molar-refractivity contribution in [3.63, 3.8) is 0 Å². The van der Waals surface area contributed by atoms with Gasteiger partial charge >= 0.3 is 12.0 Å². The highest BCUT2D eigenvalue weighted by Crippen LogP contribution is 2.11. The summed E-state index contributed by atoms with van der Waals surface area (Å²) in [6.07, 6.45) is 1.92. The highest BCUT2D eigenvalue weighted by atomic mass is 32.2. The molecule has 0 spiro atoms. The molecule has 1 aliphatic heterocycles. The second-order valence-corrected chi connectivity index (χ2v) is 6.36. The number of nitrogens with one attached hydrogen (secondary N) is 2. The molecule has 0 bridgehead atoms. The van der Waals surface area contributed by atoms with Crippen LogP contribution < -0.4 is 10.6 Å². The first kappa shape index (κ1) is 15.2. The number of carbonyl (C=O) groups is 3. The molecule has 0 unspecified atom stereocenters. The van der Waals surface area contributed by atoms with Crippen LogP contribution in [0.1, 0.15) is 12.8 Å². The third-order valence-corrected chi connectivity index (χ3v) is 4.22. The lowest BCUT2D eigenvalue weighted by Gasteiger charge is -2.22. The zero-order chi connectivity index (χ0) is 14.5. The number of sulfone groups is 1. The molecule has 1 fully saturated rings. The first-order chi connectivity index (χ1) is 8.78. The maximum absolute atomic E-state index is 11.4. The summed E-state index contributed by atoms with van der Waals surface area (Å²) < 4.78 is 22.3. The Morgan fingerprint density at radius 3 is 2.21 bits per heavy atom. The quantitative estimate of drug-likeness (QED) is 0.573. The van der Waals surface area contributed by atoms with Gasteiger partial charge in [-0.2, -0.15) is 0 Å². The van der Waals surface area contributed by atoms with Crippen molar-refractivity contribution in [1.29, 1.82) is 0 Å². The standard InChI is InChI=1S/C10H14N2O6S/c13-8(1-2-9(14)15)12-10(16)11-7-3-5-19(17,18)6-4-7/h1-2,7H,3-6H2,(H,14,15)(H2,11,12,13,16)/b2-1+. The van der Waals surface area contributed by atoms with Crippen LogP contribution in [0.25, 0.3) is 0 Å². The second kappa shape index (κ2) is 6.32. The third-order valence-electron chi connectivity index (χ3n) is 2.50. The number of rotatable bonds is 3. The van der Waals surface area contributed by atoms with E-state index in [1.165, 1.54) is 0 Å². The van der Waals surface area contributed by atoms with Crippen molar-refractivity contribution in [3.8, 4) is 0 Å². The molecule has 0 radical (unpaired) electrons. The number of carboxylic acids is 1. The number of imide groups is 1. The molecule has 106 valence electrons. The maximum Gasteiger partial charge on any atom is 0.328 e. The lowest BCUT2D eigenvalue weighted by Crippen LogP contribution is -2.46. The van der Waals surface area contributed by atoms with Gasteiger partial charge < -0.3 is 10.4 Å². The Labute approximate surface area is 109 Å². The van der Waals surface area contributed by atoms with Gasteiger partial charge in [-0.3, -0.25) is 10.1 Å². The highest BCUT2D eigenvalue weighted by Gasteiger charge is 2.24. The largest absolute Gasteiger partial charge is 0.478 e. The molecule has 8 nitrogen and oxygen atoms in total. The molecule has 1 heterocycles. The Morgan fingerprint density at radius 1 is 1.11 bits per heavy atom. The van der Waals surface area contributed by atoms with Gasteiger partial charge in [0.15, 0.2) is 0 Å². The summed E-state index contributed by atoms with van der Waals surface area (Å²) in [5, 5.41) is 12.7. The average Bonchev–Trinajstić information content (AvgIpc) is 2.29. The van der Waals surface area contributed by atoms with Gasteiger partial charge in [0.25, 0.3) is 5.91 Å². The van der Waals surface area contributed by atoms with E-state index in [2.05, 4.69) is 5.32 Å². The number of aliphatic carboxylic acids is 1. The topological polar surface area (TPSA) is 130 Å². The average molecular weight is 290 g/mol. The van der Waals surface area contributed by atoms with Gasteiger partial charge in [0, 0.05) is 18.2 Å². The molecule has 9 heteroatoms. The Balaban J connectivity index is 2.36. The van der Waals surface area contributed by atoms with E-state index < -0.39 is 27.7 Å². The minimum absolute atomic E-state index is 0.00477. The number of carboxylic acid groups (broad SMARTS) is 1. The van der Waals surface area contributed by atoms with Crippen molar-refractivity contribution < 1.29 is 27.9 Å². The second-order valence-electron chi connectivity index (χ2n) is 4.06. The van der Waals surface area contributed by atoms with E-state index in [0.29, 0.717) is 25.0 Å². The summed E-state index contributed by atoms with van der Waals surface area (Å²) >= 11 is 0. The van der Waals surface area contributed by atoms with Gasteiger partial charge in [-0.25, -0.2) is 18.0 Å². The first-order valence-corrected chi connectivity index (χ1v) is 7.33. The van der Waals surface area contributed by atoms with Crippen LogP contribution in [0.3, 0.4) is 0 Å². The van der Waals surface area contributed by atoms with Gasteiger partial charge in [0.05, 0.1) is 11.5 Å². The van der Waals surface area contributed by atoms with Crippen LogP contribution in [0.15, 0.2) is 12.2 Å². The van der Waals surface area contributed by atoms with Crippen LogP contribution in [-0.4, -0.2) is 49.0 Å². The van der Waals surface area contributed by atoms with Crippen molar-refractivity contribution >= 4 is 27.7 Å². The SMILES string of the molecule is O=C(O)/C=C/C(=O)NC(=O)NC1CCS(=O)(=O)CC1. The Hall–Kier alpha value is -1.90. The summed E-state index contributed by atoms with van der Waals surface area (Å²) in [5.74, 6) is -2.15. The minimum Gasteiger partial charge on any atom is -0.478 e. The first-order valence-electron chi connectivity index (χ1n) is 5.51. The van der Waals surface area contributed by atoms with Gasteiger partial charge in [-0.05, 0) is 12.8 Å². The van der Waals surface area contributed by atoms with Crippen LogP contribution in [0.2, 0.25) is 0 Å². The van der Waals surface area contributed by atoms with Crippen LogP contribution in [0, 0.1) is 0 Å². The smallest absolute Gasteiger partial charge is 0.328 e. The predicted octanol–water partition coefficient (Wildman–Crippen LogP) is -0.970. The van der Waals surface area contributed by atoms with Gasteiger partial charge in [-0.15, -0.1) is 0 Å². The van der Waals surface area contributed by atoms with Crippen molar-refractivity contribution in [2.75, 3.05) is 11.5 Å². The van der Waals surface area contributed by atoms with Gasteiger partial charge in [0.1, 0.15) is 9.84 Å². The van der Waals surface area contributed by atoms with Crippen molar-refractivity contribution in [3.05, 3.63) is 12.2 Å². The summed E-state index contributed by atoms with van der Waals surface area (Å²) in [6, 6.07) is -1.08. The fourth-order valence-electron chi connectivity index (χ4n) is 1.56. The maximum atomic E-state index is 11.4. The van der Waals surface area contributed by atoms with E-state index in [4.69, 9.17) is 5.11 Å². The van der Waals surface area contributed by atoms with E-state index in [1.807, 2.05) is 5.32 Å². The summed E-state index contributed by atoms with van der Waals surface area (Å²) in [7, 11) is -3.01. The molecule has 0 aromatic heterocycles. The fourth-order valence-corrected chi connectivity index (χ4v) is 3.05. The molecule has 0 aliphatic carbocycles. The van der Waals surface area contributed by atoms with Gasteiger partial charge in [-0.1, -0.05) is 0 Å². The van der Waals surface area contributed by atoms with Crippen molar-refractivity contribution in [2.24, 2.45) is 0 Å². The normalized spacial score (nSPS) is 18.9. The number of carbonyl (C=O) groups excluding carboxylic acids is 2. The Kier molecular flexibility index (Phi) is 5.04. The number of hydrogen-bond donors (Lipinski definition) is 3. The number of amides is 3. The minimum atomic E-state index is -3.01. The van der Waals surface area contributed by atoms with Crippen LogP contribution in [-0.2, 0) is 19.4 Å².